The maximum atomic E-state index is 14.5. The average molecular weight is 645 g/mol. The molecule has 0 aliphatic carbocycles. The molecule has 2 aliphatic heterocycles. The largest absolute Gasteiger partial charge is 0.508 e. The Balaban J connectivity index is 1.43. The number of piperazine rings is 1. The molecule has 0 spiro atoms. The maximum absolute atomic E-state index is 14.5. The topological polar surface area (TPSA) is 111 Å². The summed E-state index contributed by atoms with van der Waals surface area (Å²) in [5.74, 6) is 0.818. The summed E-state index contributed by atoms with van der Waals surface area (Å²) in [7, 11) is -0.442. The number of ether oxygens (including phenoxy) is 1. The first-order valence-corrected chi connectivity index (χ1v) is 16.8. The molecule has 6 rings (SSSR count). The van der Waals surface area contributed by atoms with Crippen LogP contribution in [0.1, 0.15) is 23.7 Å². The SMILES string of the molecule is COc1ccc(S(=O)(=O)N2Cc3cc(N4CCN(C(C)=O)CC4)ccc3N(Cc3cncn3C)C[C@H]2Cc2ccc(O)cc2)cc1. The Morgan fingerprint density at radius 3 is 2.35 bits per heavy atom. The third-order valence-corrected chi connectivity index (χ3v) is 10.9. The minimum Gasteiger partial charge on any atom is -0.508 e. The number of fused-ring (bicyclic) bond motifs is 1. The number of carbonyl (C=O) groups excluding carboxylic acids is 1. The monoisotopic (exact) mass is 644 g/mol. The predicted octanol–water partition coefficient (Wildman–Crippen LogP) is 3.63. The zero-order chi connectivity index (χ0) is 32.4. The minimum atomic E-state index is -3.95. The van der Waals surface area contributed by atoms with Gasteiger partial charge in [0.15, 0.2) is 0 Å². The van der Waals surface area contributed by atoms with E-state index in [1.807, 2.05) is 34.8 Å². The molecule has 3 heterocycles. The number of phenols is 1. The highest BCUT2D eigenvalue weighted by Crippen LogP contribution is 2.36. The van der Waals surface area contributed by atoms with Gasteiger partial charge in [-0.3, -0.25) is 4.79 Å². The van der Waals surface area contributed by atoms with E-state index < -0.39 is 16.1 Å². The number of aromatic nitrogens is 2. The number of amides is 1. The molecule has 11 nitrogen and oxygen atoms in total. The fourth-order valence-electron chi connectivity index (χ4n) is 6.34. The van der Waals surface area contributed by atoms with Gasteiger partial charge in [-0.25, -0.2) is 13.4 Å². The van der Waals surface area contributed by atoms with Crippen molar-refractivity contribution in [3.63, 3.8) is 0 Å². The normalized spacial score (nSPS) is 17.5. The van der Waals surface area contributed by atoms with Gasteiger partial charge in [0.05, 0.1) is 30.6 Å². The van der Waals surface area contributed by atoms with Crippen molar-refractivity contribution in [2.24, 2.45) is 7.05 Å². The highest BCUT2D eigenvalue weighted by molar-refractivity contribution is 7.89. The van der Waals surface area contributed by atoms with E-state index in [2.05, 4.69) is 33.0 Å². The number of sulfonamides is 1. The molecule has 12 heteroatoms. The number of nitrogens with zero attached hydrogens (tertiary/aromatic N) is 6. The fraction of sp³-hybridized carbons (Fsp3) is 0.353. The van der Waals surface area contributed by atoms with E-state index in [9.17, 15) is 18.3 Å². The van der Waals surface area contributed by atoms with Crippen LogP contribution in [-0.4, -0.2) is 84.1 Å². The molecule has 2 aliphatic rings. The summed E-state index contributed by atoms with van der Waals surface area (Å²) in [5.41, 5.74) is 4.80. The summed E-state index contributed by atoms with van der Waals surface area (Å²) < 4.78 is 38.0. The van der Waals surface area contributed by atoms with Crippen LogP contribution in [-0.2, 0) is 41.4 Å². The lowest BCUT2D eigenvalue weighted by Gasteiger charge is -2.36. The van der Waals surface area contributed by atoms with Gasteiger partial charge in [-0.2, -0.15) is 4.31 Å². The predicted molar refractivity (Wildman–Crippen MR) is 176 cm³/mol. The van der Waals surface area contributed by atoms with Crippen molar-refractivity contribution in [2.75, 3.05) is 49.6 Å². The number of methoxy groups -OCH3 is 1. The molecule has 242 valence electrons. The van der Waals surface area contributed by atoms with E-state index in [-0.39, 0.29) is 23.1 Å². The molecule has 1 amide bonds. The van der Waals surface area contributed by atoms with Gasteiger partial charge >= 0.3 is 0 Å². The maximum Gasteiger partial charge on any atom is 0.243 e. The zero-order valence-electron chi connectivity index (χ0n) is 26.4. The molecule has 0 saturated carbocycles. The molecular weight excluding hydrogens is 604 g/mol. The summed E-state index contributed by atoms with van der Waals surface area (Å²) in [5, 5.41) is 9.93. The van der Waals surface area contributed by atoms with Crippen LogP contribution in [0.4, 0.5) is 11.4 Å². The number of carbonyl (C=O) groups is 1. The van der Waals surface area contributed by atoms with Crippen molar-refractivity contribution >= 4 is 27.3 Å². The second-order valence-corrected chi connectivity index (χ2v) is 13.8. The molecule has 46 heavy (non-hydrogen) atoms. The first kappa shape index (κ1) is 31.4. The third kappa shape index (κ3) is 6.54. The standard InChI is InChI=1S/C34H40N6O5S/c1-25(41)37-14-16-38(17-15-37)28-6-13-34-27(19-28)21-40(46(43,44)33-11-9-32(45-3)10-12-33)29(18-26-4-7-31(42)8-5-26)22-39(34)23-30-20-35-24-36(30)2/h4-13,19-20,24,29,42H,14-18,21-23H2,1-3H3/t29-/m1/s1. The van der Waals surface area contributed by atoms with Crippen LogP contribution in [0.15, 0.2) is 84.1 Å². The molecule has 0 bridgehead atoms. The van der Waals surface area contributed by atoms with Gasteiger partial charge < -0.3 is 29.1 Å². The number of benzene rings is 3. The smallest absolute Gasteiger partial charge is 0.243 e. The summed E-state index contributed by atoms with van der Waals surface area (Å²) >= 11 is 0. The zero-order valence-corrected chi connectivity index (χ0v) is 27.2. The van der Waals surface area contributed by atoms with E-state index in [1.54, 1.807) is 61.1 Å². The molecule has 1 atom stereocenters. The molecule has 1 N–H and O–H groups in total. The van der Waals surface area contributed by atoms with Crippen molar-refractivity contribution in [3.05, 3.63) is 96.1 Å². The van der Waals surface area contributed by atoms with E-state index in [0.29, 0.717) is 51.4 Å². The summed E-state index contributed by atoms with van der Waals surface area (Å²) in [4.78, 5) is 22.8. The van der Waals surface area contributed by atoms with Crippen molar-refractivity contribution < 1.29 is 23.1 Å². The summed E-state index contributed by atoms with van der Waals surface area (Å²) in [6, 6.07) is 19.3. The first-order valence-electron chi connectivity index (χ1n) is 15.4. The Morgan fingerprint density at radius 2 is 1.72 bits per heavy atom. The van der Waals surface area contributed by atoms with Gasteiger partial charge in [0.25, 0.3) is 0 Å². The number of hydrogen-bond donors (Lipinski definition) is 1. The Hall–Kier alpha value is -4.55. The van der Waals surface area contributed by atoms with Crippen molar-refractivity contribution in [1.82, 2.24) is 18.8 Å². The van der Waals surface area contributed by atoms with Crippen LogP contribution < -0.4 is 14.5 Å². The Morgan fingerprint density at radius 1 is 1.00 bits per heavy atom. The van der Waals surface area contributed by atoms with Gasteiger partial charge in [0.1, 0.15) is 11.5 Å². The number of phenolic OH excluding ortho intramolecular Hbond substituents is 1. The van der Waals surface area contributed by atoms with Gasteiger partial charge in [-0.1, -0.05) is 12.1 Å². The third-order valence-electron chi connectivity index (χ3n) is 9.00. The van der Waals surface area contributed by atoms with E-state index >= 15 is 0 Å². The van der Waals surface area contributed by atoms with Crippen LogP contribution in [0.3, 0.4) is 0 Å². The molecule has 1 fully saturated rings. The second kappa shape index (κ2) is 13.1. The molecule has 4 aromatic rings. The molecule has 3 aromatic carbocycles. The van der Waals surface area contributed by atoms with Gasteiger partial charge in [-0.05, 0) is 72.1 Å². The Bertz CT molecular complexity index is 1780. The van der Waals surface area contributed by atoms with Gasteiger partial charge in [0, 0.05) is 76.9 Å². The highest BCUT2D eigenvalue weighted by atomic mass is 32.2. The molecular formula is C34H40N6O5S. The average Bonchev–Trinajstić information content (AvgIpc) is 3.40. The number of anilines is 2. The summed E-state index contributed by atoms with van der Waals surface area (Å²) in [6.07, 6.45) is 4.06. The number of aromatic hydroxyl groups is 1. The number of imidazole rings is 1. The summed E-state index contributed by atoms with van der Waals surface area (Å²) in [6.45, 7) is 5.45. The van der Waals surface area contributed by atoms with Crippen LogP contribution in [0.5, 0.6) is 11.5 Å². The van der Waals surface area contributed by atoms with E-state index in [0.717, 1.165) is 28.2 Å². The Labute approximate surface area is 270 Å². The van der Waals surface area contributed by atoms with Gasteiger partial charge in [-0.15, -0.1) is 0 Å². The van der Waals surface area contributed by atoms with Crippen molar-refractivity contribution in [3.8, 4) is 11.5 Å². The first-order chi connectivity index (χ1) is 22.1. The van der Waals surface area contributed by atoms with Crippen LogP contribution >= 0.6 is 0 Å². The van der Waals surface area contributed by atoms with Crippen molar-refractivity contribution in [1.29, 1.82) is 0 Å². The highest BCUT2D eigenvalue weighted by Gasteiger charge is 2.37. The lowest BCUT2D eigenvalue weighted by Crippen LogP contribution is -2.48. The lowest BCUT2D eigenvalue weighted by molar-refractivity contribution is -0.129. The Kier molecular flexibility index (Phi) is 8.92. The van der Waals surface area contributed by atoms with Crippen LogP contribution in [0.25, 0.3) is 0 Å². The quantitative estimate of drug-likeness (QED) is 0.310. The van der Waals surface area contributed by atoms with Gasteiger partial charge in [0.2, 0.25) is 15.9 Å². The minimum absolute atomic E-state index is 0.0754. The van der Waals surface area contributed by atoms with Crippen LogP contribution in [0, 0.1) is 0 Å². The number of hydrogen-bond acceptors (Lipinski definition) is 8. The van der Waals surface area contributed by atoms with Crippen LogP contribution in [0.2, 0.25) is 0 Å². The van der Waals surface area contributed by atoms with E-state index in [1.165, 1.54) is 0 Å². The second-order valence-electron chi connectivity index (χ2n) is 11.9. The van der Waals surface area contributed by atoms with E-state index in [4.69, 9.17) is 4.74 Å². The molecule has 1 saturated heterocycles. The number of rotatable bonds is 8. The fourth-order valence-corrected chi connectivity index (χ4v) is 7.93. The van der Waals surface area contributed by atoms with Crippen molar-refractivity contribution in [2.45, 2.75) is 37.4 Å². The lowest BCUT2D eigenvalue weighted by atomic mass is 10.1. The molecule has 1 aromatic heterocycles. The number of aryl methyl sites for hydroxylation is 1. The molecule has 0 radical (unpaired) electrons. The molecule has 0 unspecified atom stereocenters.